The molecule has 0 aliphatic carbocycles. The van der Waals surface area contributed by atoms with Crippen LogP contribution in [0.25, 0.3) is 0 Å². The Morgan fingerprint density at radius 3 is 2.53 bits per heavy atom. The van der Waals surface area contributed by atoms with Gasteiger partial charge in [0, 0.05) is 66.6 Å². The van der Waals surface area contributed by atoms with Crippen molar-refractivity contribution in [1.82, 2.24) is 15.2 Å². The summed E-state index contributed by atoms with van der Waals surface area (Å²) >= 11 is 0. The van der Waals surface area contributed by atoms with Crippen molar-refractivity contribution in [3.63, 3.8) is 0 Å². The molecular weight excluding hydrogens is 317 g/mol. The van der Waals surface area contributed by atoms with Crippen molar-refractivity contribution in [3.8, 4) is 0 Å². The minimum absolute atomic E-state index is 0. The second kappa shape index (κ2) is 9.26. The molecule has 0 aliphatic rings. The van der Waals surface area contributed by atoms with E-state index in [4.69, 9.17) is 0 Å². The number of amides is 2. The zero-order valence-corrected chi connectivity index (χ0v) is 14.7. The summed E-state index contributed by atoms with van der Waals surface area (Å²) < 4.78 is 0. The number of anilines is 1. The molecule has 0 aliphatic heterocycles. The Hall–Kier alpha value is -0.676. The number of carbonyl (C=O) groups excluding carboxylic acids is 1. The molecule has 0 fully saturated rings. The summed E-state index contributed by atoms with van der Waals surface area (Å²) in [4.78, 5) is 19.5. The molecule has 1 radical (unpaired) electrons. The Balaban J connectivity index is 0.00000324. The van der Waals surface area contributed by atoms with Crippen molar-refractivity contribution in [2.75, 3.05) is 32.6 Å². The molecule has 1 aromatic rings. The minimum Gasteiger partial charge on any atom is -0.363 e. The van der Waals surface area contributed by atoms with Crippen LogP contribution in [-0.4, -0.2) is 43.6 Å². The van der Waals surface area contributed by atoms with Crippen LogP contribution in [0.1, 0.15) is 12.0 Å². The fourth-order valence-electron chi connectivity index (χ4n) is 1.45. The van der Waals surface area contributed by atoms with Crippen molar-refractivity contribution < 1.29 is 37.5 Å². The molecule has 0 aromatic carbocycles. The Morgan fingerprint density at radius 1 is 1.37 bits per heavy atom. The zero-order chi connectivity index (χ0) is 13.5. The summed E-state index contributed by atoms with van der Waals surface area (Å²) in [6, 6.07) is 3.83. The monoisotopic (exact) mass is 338 g/mol. The van der Waals surface area contributed by atoms with Gasteiger partial charge in [0.1, 0.15) is 5.82 Å². The van der Waals surface area contributed by atoms with Crippen LogP contribution in [0.4, 0.5) is 10.6 Å². The van der Waals surface area contributed by atoms with Crippen LogP contribution in [0.3, 0.4) is 0 Å². The third kappa shape index (κ3) is 6.34. The predicted octanol–water partition coefficient (Wildman–Crippen LogP) is 1.51. The second-order valence-electron chi connectivity index (χ2n) is 4.36. The molecule has 0 atom stereocenters. The van der Waals surface area contributed by atoms with Crippen molar-refractivity contribution >= 4 is 11.8 Å². The van der Waals surface area contributed by atoms with Gasteiger partial charge in [0.2, 0.25) is 0 Å². The van der Waals surface area contributed by atoms with Gasteiger partial charge in [0.25, 0.3) is 0 Å². The largest absolute Gasteiger partial charge is 0.363 e. The first-order chi connectivity index (χ1) is 8.54. The molecule has 1 rings (SSSR count). The van der Waals surface area contributed by atoms with Crippen LogP contribution in [0, 0.1) is 6.92 Å². The van der Waals surface area contributed by atoms with Crippen molar-refractivity contribution in [2.45, 2.75) is 13.0 Å². The maximum Gasteiger partial charge on any atom is 0.317 e. The molecule has 0 saturated heterocycles. The van der Waals surface area contributed by atoms with Gasteiger partial charge in [-0.15, -0.1) is 0 Å². The van der Waals surface area contributed by atoms with E-state index in [2.05, 4.69) is 17.2 Å². The van der Waals surface area contributed by atoms with E-state index in [9.17, 15) is 4.79 Å². The van der Waals surface area contributed by atoms with Gasteiger partial charge in [-0.05, 0) is 18.2 Å². The van der Waals surface area contributed by atoms with Gasteiger partial charge in [-0.3, -0.25) is 0 Å². The first-order valence-corrected chi connectivity index (χ1v) is 5.95. The quantitative estimate of drug-likeness (QED) is 0.828. The van der Waals surface area contributed by atoms with Gasteiger partial charge in [-0.2, -0.15) is 6.42 Å². The average molecular weight is 338 g/mol. The van der Waals surface area contributed by atoms with Gasteiger partial charge in [0.15, 0.2) is 0 Å². The summed E-state index contributed by atoms with van der Waals surface area (Å²) in [7, 11) is 5.65. The van der Waals surface area contributed by atoms with Crippen LogP contribution in [0.2, 0.25) is 0 Å². The van der Waals surface area contributed by atoms with Crippen LogP contribution in [0.5, 0.6) is 0 Å². The van der Waals surface area contributed by atoms with Crippen LogP contribution in [-0.2, 0) is 39.3 Å². The Kier molecular flexibility index (Phi) is 8.93. The smallest absolute Gasteiger partial charge is 0.317 e. The van der Waals surface area contributed by atoms with E-state index in [1.54, 1.807) is 18.1 Å². The van der Waals surface area contributed by atoms with Gasteiger partial charge < -0.3 is 22.0 Å². The van der Waals surface area contributed by atoms with Gasteiger partial charge >= 0.3 is 6.03 Å². The van der Waals surface area contributed by atoms with E-state index in [0.717, 1.165) is 11.4 Å². The number of nitrogens with one attached hydrogen (secondary N) is 1. The van der Waals surface area contributed by atoms with Gasteiger partial charge in [0.05, 0.1) is 0 Å². The molecule has 19 heavy (non-hydrogen) atoms. The van der Waals surface area contributed by atoms with Crippen LogP contribution in [0.15, 0.2) is 18.3 Å². The molecule has 2 amide bonds. The first kappa shape index (κ1) is 18.3. The Bertz CT molecular complexity index is 381. The van der Waals surface area contributed by atoms with Gasteiger partial charge in [-0.1, -0.05) is 6.07 Å². The maximum absolute atomic E-state index is 11.6. The van der Waals surface area contributed by atoms with E-state index >= 15 is 0 Å². The normalized spacial score (nSPS) is 9.47. The van der Waals surface area contributed by atoms with Crippen LogP contribution < -0.4 is 10.2 Å². The Morgan fingerprint density at radius 2 is 2.05 bits per heavy atom. The summed E-state index contributed by atoms with van der Waals surface area (Å²) in [5.74, 6) is 0.905. The SMILES string of the molecule is [CH2-]CCNC(=O)N(C)Cc1ccc(N(C)C)nc1.[Y]. The number of hydrogen-bond acceptors (Lipinski definition) is 3. The average Bonchev–Trinajstić information content (AvgIpc) is 2.36. The first-order valence-electron chi connectivity index (χ1n) is 5.95. The summed E-state index contributed by atoms with van der Waals surface area (Å²) in [6.07, 6.45) is 2.49. The zero-order valence-electron chi connectivity index (χ0n) is 11.9. The number of aromatic nitrogens is 1. The fraction of sp³-hybridized carbons (Fsp3) is 0.462. The third-order valence-corrected chi connectivity index (χ3v) is 2.49. The van der Waals surface area contributed by atoms with E-state index < -0.39 is 0 Å². The fourth-order valence-corrected chi connectivity index (χ4v) is 1.45. The molecule has 1 aromatic heterocycles. The maximum atomic E-state index is 11.6. The minimum atomic E-state index is -0.0877. The number of nitrogens with zero attached hydrogens (tertiary/aromatic N) is 3. The summed E-state index contributed by atoms with van der Waals surface area (Å²) in [5, 5.41) is 2.78. The molecule has 1 N–H and O–H groups in total. The second-order valence-corrected chi connectivity index (χ2v) is 4.36. The molecule has 5 nitrogen and oxygen atoms in total. The third-order valence-electron chi connectivity index (χ3n) is 2.49. The number of carbonyl (C=O) groups is 1. The van der Waals surface area contributed by atoms with E-state index in [1.165, 1.54) is 0 Å². The van der Waals surface area contributed by atoms with Crippen LogP contribution >= 0.6 is 0 Å². The molecule has 6 heteroatoms. The molecule has 1 heterocycles. The summed E-state index contributed by atoms with van der Waals surface area (Å²) in [5.41, 5.74) is 1.01. The Labute approximate surface area is 140 Å². The predicted molar refractivity (Wildman–Crippen MR) is 73.4 cm³/mol. The summed E-state index contributed by atoms with van der Waals surface area (Å²) in [6.45, 7) is 4.82. The molecule has 0 saturated carbocycles. The molecule has 103 valence electrons. The molecule has 0 bridgehead atoms. The molecule has 0 spiro atoms. The molecule has 0 unspecified atom stereocenters. The number of rotatable bonds is 5. The standard InChI is InChI=1S/C13H21N4O.Y/c1-5-8-14-13(18)17(4)10-11-6-7-12(15-9-11)16(2)3;/h6-7,9H,1,5,8,10H2,2-4H3,(H,14,18);/q-1;. The van der Waals surface area contributed by atoms with Crippen molar-refractivity contribution in [1.29, 1.82) is 0 Å². The number of hydrogen-bond donors (Lipinski definition) is 1. The van der Waals surface area contributed by atoms with E-state index in [0.29, 0.717) is 19.5 Å². The number of urea groups is 1. The topological polar surface area (TPSA) is 48.5 Å². The number of pyridine rings is 1. The van der Waals surface area contributed by atoms with E-state index in [-0.39, 0.29) is 38.7 Å². The van der Waals surface area contributed by atoms with Gasteiger partial charge in [-0.25, -0.2) is 9.78 Å². The molecular formula is C13H21N4OY-. The van der Waals surface area contributed by atoms with E-state index in [1.807, 2.05) is 31.1 Å². The van der Waals surface area contributed by atoms with Crippen molar-refractivity contribution in [3.05, 3.63) is 30.8 Å². The van der Waals surface area contributed by atoms with Crippen molar-refractivity contribution in [2.24, 2.45) is 0 Å².